The van der Waals surface area contributed by atoms with Crippen LogP contribution in [-0.2, 0) is 10.3 Å². The van der Waals surface area contributed by atoms with E-state index in [0.717, 1.165) is 29.0 Å². The summed E-state index contributed by atoms with van der Waals surface area (Å²) in [4.78, 5) is 13.5. The first-order chi connectivity index (χ1) is 14.8. The van der Waals surface area contributed by atoms with Gasteiger partial charge in [-0.05, 0) is 42.0 Å². The van der Waals surface area contributed by atoms with Gasteiger partial charge in [0.1, 0.15) is 23.8 Å². The molecule has 162 valence electrons. The van der Waals surface area contributed by atoms with Crippen LogP contribution in [0.3, 0.4) is 0 Å². The molecule has 4 unspecified atom stereocenters. The highest BCUT2D eigenvalue weighted by molar-refractivity contribution is 5.80. The SMILES string of the molecule is CC1c2cc(-c3c(F)cccc3F)nnc2C2(N(CC(F)F)C(=O)CO)C=C3CC1C32. The van der Waals surface area contributed by atoms with Crippen molar-refractivity contribution in [3.8, 4) is 11.3 Å². The molecule has 5 rings (SSSR count). The van der Waals surface area contributed by atoms with Crippen molar-refractivity contribution in [1.29, 1.82) is 0 Å². The van der Waals surface area contributed by atoms with Crippen LogP contribution < -0.4 is 0 Å². The molecule has 5 nitrogen and oxygen atoms in total. The van der Waals surface area contributed by atoms with E-state index in [9.17, 15) is 27.5 Å². The van der Waals surface area contributed by atoms with Gasteiger partial charge in [0.2, 0.25) is 5.91 Å². The number of aliphatic hydroxyl groups excluding tert-OH is 1. The fourth-order valence-electron chi connectivity index (χ4n) is 5.56. The van der Waals surface area contributed by atoms with E-state index in [0.29, 0.717) is 11.3 Å². The van der Waals surface area contributed by atoms with Gasteiger partial charge in [0.05, 0.1) is 23.5 Å². The maximum absolute atomic E-state index is 14.3. The van der Waals surface area contributed by atoms with Gasteiger partial charge >= 0.3 is 0 Å². The first kappa shape index (κ1) is 20.1. The summed E-state index contributed by atoms with van der Waals surface area (Å²) in [5, 5.41) is 17.7. The van der Waals surface area contributed by atoms with E-state index in [1.807, 2.05) is 6.92 Å². The summed E-state index contributed by atoms with van der Waals surface area (Å²) in [6.07, 6.45) is -0.287. The van der Waals surface area contributed by atoms with Gasteiger partial charge < -0.3 is 10.0 Å². The third-order valence-corrected chi connectivity index (χ3v) is 6.94. The zero-order valence-electron chi connectivity index (χ0n) is 16.5. The van der Waals surface area contributed by atoms with Crippen LogP contribution in [0.25, 0.3) is 11.3 Å². The molecule has 1 amide bonds. The van der Waals surface area contributed by atoms with Crippen LogP contribution in [0, 0.1) is 23.5 Å². The van der Waals surface area contributed by atoms with E-state index in [2.05, 4.69) is 10.2 Å². The Labute approximate surface area is 175 Å². The van der Waals surface area contributed by atoms with Crippen molar-refractivity contribution in [3.63, 3.8) is 0 Å². The molecule has 1 aromatic carbocycles. The summed E-state index contributed by atoms with van der Waals surface area (Å²) >= 11 is 0. The van der Waals surface area contributed by atoms with E-state index >= 15 is 0 Å². The number of hydrogen-bond acceptors (Lipinski definition) is 4. The Morgan fingerprint density at radius 3 is 2.61 bits per heavy atom. The molecule has 0 radical (unpaired) electrons. The van der Waals surface area contributed by atoms with Crippen LogP contribution in [0.5, 0.6) is 0 Å². The molecular formula is C22H19F4N3O2. The Balaban J connectivity index is 1.69. The number of carbonyl (C=O) groups excluding carboxylic acids is 1. The largest absolute Gasteiger partial charge is 0.387 e. The van der Waals surface area contributed by atoms with E-state index in [1.165, 1.54) is 6.07 Å². The van der Waals surface area contributed by atoms with Crippen LogP contribution in [0.4, 0.5) is 17.6 Å². The number of benzene rings is 1. The van der Waals surface area contributed by atoms with Gasteiger partial charge in [0, 0.05) is 5.92 Å². The average molecular weight is 433 g/mol. The van der Waals surface area contributed by atoms with E-state index in [4.69, 9.17) is 0 Å². The zero-order valence-corrected chi connectivity index (χ0v) is 16.5. The lowest BCUT2D eigenvalue weighted by atomic mass is 9.43. The number of nitrogens with zero attached hydrogens (tertiary/aromatic N) is 3. The van der Waals surface area contributed by atoms with Crippen LogP contribution in [0.2, 0.25) is 0 Å². The molecule has 4 atom stereocenters. The third-order valence-electron chi connectivity index (χ3n) is 6.94. The molecular weight excluding hydrogens is 414 g/mol. The molecule has 31 heavy (non-hydrogen) atoms. The van der Waals surface area contributed by atoms with Crippen LogP contribution >= 0.6 is 0 Å². The van der Waals surface area contributed by atoms with Gasteiger partial charge in [-0.15, -0.1) is 5.10 Å². The highest BCUT2D eigenvalue weighted by Gasteiger charge is 2.67. The van der Waals surface area contributed by atoms with Crippen molar-refractivity contribution < 1.29 is 27.5 Å². The lowest BCUT2D eigenvalue weighted by molar-refractivity contribution is -0.150. The summed E-state index contributed by atoms with van der Waals surface area (Å²) in [5.41, 5.74) is 0.484. The topological polar surface area (TPSA) is 66.3 Å². The van der Waals surface area contributed by atoms with Crippen LogP contribution in [0.15, 0.2) is 35.9 Å². The maximum atomic E-state index is 14.3. The molecule has 3 aliphatic rings. The van der Waals surface area contributed by atoms with Gasteiger partial charge in [0.15, 0.2) is 0 Å². The van der Waals surface area contributed by atoms with Gasteiger partial charge in [-0.1, -0.05) is 24.6 Å². The summed E-state index contributed by atoms with van der Waals surface area (Å²) in [6, 6.07) is 5.04. The predicted octanol–water partition coefficient (Wildman–Crippen LogP) is 3.40. The van der Waals surface area contributed by atoms with E-state index in [1.54, 1.807) is 12.1 Å². The number of alkyl halides is 2. The number of carbonyl (C=O) groups is 1. The Hall–Kier alpha value is -2.81. The smallest absolute Gasteiger partial charge is 0.255 e. The van der Waals surface area contributed by atoms with Crippen LogP contribution in [0.1, 0.15) is 30.5 Å². The zero-order chi connectivity index (χ0) is 22.1. The lowest BCUT2D eigenvalue weighted by Crippen LogP contribution is -2.68. The average Bonchev–Trinajstić information content (AvgIpc) is 2.71. The first-order valence-electron chi connectivity index (χ1n) is 10.0. The second-order valence-corrected chi connectivity index (χ2v) is 8.36. The van der Waals surface area contributed by atoms with Gasteiger partial charge in [-0.25, -0.2) is 17.6 Å². The molecule has 2 aromatic rings. The van der Waals surface area contributed by atoms with Gasteiger partial charge in [-0.3, -0.25) is 4.79 Å². The molecule has 0 saturated heterocycles. The second kappa shape index (κ2) is 6.85. The van der Waals surface area contributed by atoms with Crippen LogP contribution in [-0.4, -0.2) is 45.7 Å². The normalized spacial score (nSPS) is 27.6. The minimum atomic E-state index is -2.80. The van der Waals surface area contributed by atoms with Crippen molar-refractivity contribution in [2.24, 2.45) is 11.8 Å². The fourth-order valence-corrected chi connectivity index (χ4v) is 5.56. The summed E-state index contributed by atoms with van der Waals surface area (Å²) in [5.74, 6) is -2.56. The summed E-state index contributed by atoms with van der Waals surface area (Å²) in [6.45, 7) is 0.189. The molecule has 0 aliphatic heterocycles. The Morgan fingerprint density at radius 2 is 2.00 bits per heavy atom. The molecule has 1 N–H and O–H groups in total. The number of halogens is 4. The quantitative estimate of drug-likeness (QED) is 0.580. The minimum absolute atomic E-state index is 0.00606. The van der Waals surface area contributed by atoms with Crippen molar-refractivity contribution in [1.82, 2.24) is 15.1 Å². The highest BCUT2D eigenvalue weighted by atomic mass is 19.3. The standard InChI is InChI=1S/C22H19F4N3O2/c1-10-12-5-11-7-22(20(11)12,29(8-17(25)26)18(31)9-30)21-13(10)6-16(27-28-21)19-14(23)3-2-4-15(19)24/h2-4,6-7,10,12,17,20,30H,5,8-9H2,1H3. The van der Waals surface area contributed by atoms with E-state index in [-0.39, 0.29) is 29.0 Å². The number of rotatable bonds is 5. The molecule has 1 heterocycles. The number of fused-ring (bicyclic) bond motifs is 2. The Morgan fingerprint density at radius 1 is 1.29 bits per heavy atom. The van der Waals surface area contributed by atoms with Gasteiger partial charge in [0.25, 0.3) is 6.43 Å². The van der Waals surface area contributed by atoms with E-state index < -0.39 is 42.7 Å². The van der Waals surface area contributed by atoms with Crippen molar-refractivity contribution in [2.45, 2.75) is 31.2 Å². The Bertz CT molecular complexity index is 1100. The van der Waals surface area contributed by atoms with Crippen molar-refractivity contribution >= 4 is 5.91 Å². The summed E-state index contributed by atoms with van der Waals surface area (Å²) in [7, 11) is 0. The highest BCUT2D eigenvalue weighted by Crippen LogP contribution is 2.68. The molecule has 1 fully saturated rings. The molecule has 0 bridgehead atoms. The molecule has 0 spiro atoms. The Kier molecular flexibility index (Phi) is 4.44. The monoisotopic (exact) mass is 433 g/mol. The first-order valence-corrected chi connectivity index (χ1v) is 10.0. The maximum Gasteiger partial charge on any atom is 0.255 e. The lowest BCUT2D eigenvalue weighted by Gasteiger charge is -2.66. The van der Waals surface area contributed by atoms with Gasteiger partial charge in [-0.2, -0.15) is 5.10 Å². The number of amides is 1. The molecule has 1 aromatic heterocycles. The summed E-state index contributed by atoms with van der Waals surface area (Å²) < 4.78 is 55.4. The molecule has 3 aliphatic carbocycles. The third kappa shape index (κ3) is 2.62. The second-order valence-electron chi connectivity index (χ2n) is 8.36. The number of hydrogen-bond donors (Lipinski definition) is 1. The predicted molar refractivity (Wildman–Crippen MR) is 102 cm³/mol. The fraction of sp³-hybridized carbons (Fsp3) is 0.409. The van der Waals surface area contributed by atoms with Crippen molar-refractivity contribution in [2.75, 3.05) is 13.2 Å². The minimum Gasteiger partial charge on any atom is -0.387 e. The van der Waals surface area contributed by atoms with Crippen molar-refractivity contribution in [3.05, 3.63) is 58.8 Å². The molecule has 9 heteroatoms. The molecule has 1 saturated carbocycles. The number of aliphatic hydroxyl groups is 1. The number of aromatic nitrogens is 2.